The molecule has 3 heterocycles. The van der Waals surface area contributed by atoms with Crippen LogP contribution in [0.1, 0.15) is 22.7 Å². The van der Waals surface area contributed by atoms with E-state index >= 15 is 0 Å². The summed E-state index contributed by atoms with van der Waals surface area (Å²) in [5.41, 5.74) is 0.862. The minimum atomic E-state index is -0.354. The van der Waals surface area contributed by atoms with Crippen molar-refractivity contribution in [3.63, 3.8) is 0 Å². The molecule has 0 aromatic carbocycles. The first-order valence-corrected chi connectivity index (χ1v) is 7.27. The van der Waals surface area contributed by atoms with Gasteiger partial charge in [-0.05, 0) is 25.5 Å². The predicted octanol–water partition coefficient (Wildman–Crippen LogP) is 0.415. The maximum Gasteiger partial charge on any atom is 0.291 e. The molecule has 0 aliphatic heterocycles. The molecule has 0 bridgehead atoms. The van der Waals surface area contributed by atoms with Crippen LogP contribution in [-0.2, 0) is 6.54 Å². The van der Waals surface area contributed by atoms with Gasteiger partial charge in [0.05, 0.1) is 0 Å². The molecule has 1 N–H and O–H groups in total. The van der Waals surface area contributed by atoms with Gasteiger partial charge in [-0.15, -0.1) is 5.10 Å². The lowest BCUT2D eigenvalue weighted by atomic mass is 10.3. The second-order valence-electron chi connectivity index (χ2n) is 5.07. The van der Waals surface area contributed by atoms with Crippen molar-refractivity contribution in [2.24, 2.45) is 0 Å². The molecule has 118 valence electrons. The molecule has 0 atom stereocenters. The number of rotatable bonds is 5. The minimum absolute atomic E-state index is 0.0376. The molecule has 23 heavy (non-hydrogen) atoms. The summed E-state index contributed by atoms with van der Waals surface area (Å²) in [6, 6.07) is 6.86. The van der Waals surface area contributed by atoms with E-state index in [4.69, 9.17) is 0 Å². The molecule has 3 aromatic rings. The van der Waals surface area contributed by atoms with Gasteiger partial charge in [0.25, 0.3) is 17.2 Å². The Labute approximate surface area is 131 Å². The number of aromatic nitrogens is 5. The zero-order chi connectivity index (χ0) is 16.2. The Hall–Kier alpha value is -3.03. The quantitative estimate of drug-likeness (QED) is 0.689. The second kappa shape index (κ2) is 6.39. The highest BCUT2D eigenvalue weighted by Crippen LogP contribution is 1.98. The van der Waals surface area contributed by atoms with Crippen molar-refractivity contribution in [2.75, 3.05) is 6.54 Å². The highest BCUT2D eigenvalue weighted by atomic mass is 16.2. The summed E-state index contributed by atoms with van der Waals surface area (Å²) in [5.74, 6) is 0.105. The van der Waals surface area contributed by atoms with Crippen LogP contribution in [0.2, 0.25) is 0 Å². The summed E-state index contributed by atoms with van der Waals surface area (Å²) in [7, 11) is 0. The van der Waals surface area contributed by atoms with Crippen molar-refractivity contribution < 1.29 is 4.79 Å². The van der Waals surface area contributed by atoms with Crippen molar-refractivity contribution in [3.8, 4) is 0 Å². The van der Waals surface area contributed by atoms with Crippen LogP contribution in [0.15, 0.2) is 41.5 Å². The number of hydrogen-bond donors (Lipinski definition) is 1. The molecule has 1 amide bonds. The zero-order valence-corrected chi connectivity index (χ0v) is 12.6. The third-order valence-electron chi connectivity index (χ3n) is 3.43. The number of pyridine rings is 1. The van der Waals surface area contributed by atoms with Crippen LogP contribution in [0, 0.1) is 6.92 Å². The Morgan fingerprint density at radius 2 is 2.17 bits per heavy atom. The fraction of sp³-hybridized carbons (Fsp3) is 0.267. The topological polar surface area (TPSA) is 94.2 Å². The number of carbonyl (C=O) groups is 1. The van der Waals surface area contributed by atoms with Gasteiger partial charge >= 0.3 is 0 Å². The summed E-state index contributed by atoms with van der Waals surface area (Å²) >= 11 is 0. The second-order valence-corrected chi connectivity index (χ2v) is 5.07. The largest absolute Gasteiger partial charge is 0.349 e. The highest BCUT2D eigenvalue weighted by Gasteiger charge is 2.12. The fourth-order valence-corrected chi connectivity index (χ4v) is 2.26. The van der Waals surface area contributed by atoms with E-state index in [1.165, 1.54) is 10.6 Å². The Kier molecular flexibility index (Phi) is 4.13. The molecule has 0 aliphatic rings. The average Bonchev–Trinajstić information content (AvgIpc) is 2.97. The van der Waals surface area contributed by atoms with Crippen molar-refractivity contribution >= 4 is 11.7 Å². The smallest absolute Gasteiger partial charge is 0.291 e. The van der Waals surface area contributed by atoms with Gasteiger partial charge in [-0.2, -0.15) is 4.98 Å². The molecular formula is C15H16N6O2. The molecule has 0 radical (unpaired) electrons. The standard InChI is InChI=1S/C15H16N6O2/c1-11-5-2-6-12(22)20(11)9-3-7-16-14(23)13-18-15-17-8-4-10-21(15)19-13/h2,4-6,8,10H,3,7,9H2,1H3,(H,16,23). The molecule has 8 heteroatoms. The molecule has 0 saturated heterocycles. The third kappa shape index (κ3) is 3.25. The van der Waals surface area contributed by atoms with E-state index in [0.717, 1.165) is 5.69 Å². The molecule has 0 spiro atoms. The molecule has 0 fully saturated rings. The summed E-state index contributed by atoms with van der Waals surface area (Å²) in [6.45, 7) is 2.86. The summed E-state index contributed by atoms with van der Waals surface area (Å²) in [4.78, 5) is 31.8. The monoisotopic (exact) mass is 312 g/mol. The highest BCUT2D eigenvalue weighted by molar-refractivity contribution is 5.90. The minimum Gasteiger partial charge on any atom is -0.349 e. The first kappa shape index (κ1) is 14.9. The van der Waals surface area contributed by atoms with Crippen molar-refractivity contribution in [1.82, 2.24) is 29.5 Å². The molecule has 3 rings (SSSR count). The van der Waals surface area contributed by atoms with Gasteiger partial charge in [0.1, 0.15) is 0 Å². The zero-order valence-electron chi connectivity index (χ0n) is 12.6. The fourth-order valence-electron chi connectivity index (χ4n) is 2.26. The normalized spacial score (nSPS) is 10.8. The maximum atomic E-state index is 12.0. The number of nitrogens with zero attached hydrogens (tertiary/aromatic N) is 5. The van der Waals surface area contributed by atoms with Gasteiger partial charge in [-0.1, -0.05) is 6.07 Å². The first-order chi connectivity index (χ1) is 11.1. The first-order valence-electron chi connectivity index (χ1n) is 7.27. The predicted molar refractivity (Wildman–Crippen MR) is 83.2 cm³/mol. The summed E-state index contributed by atoms with van der Waals surface area (Å²) in [6.07, 6.45) is 3.91. The third-order valence-corrected chi connectivity index (χ3v) is 3.43. The van der Waals surface area contributed by atoms with Crippen LogP contribution in [0.4, 0.5) is 0 Å². The van der Waals surface area contributed by atoms with E-state index in [0.29, 0.717) is 25.3 Å². The molecule has 0 unspecified atom stereocenters. The number of carbonyl (C=O) groups excluding carboxylic acids is 1. The summed E-state index contributed by atoms with van der Waals surface area (Å²) < 4.78 is 3.13. The molecule has 8 nitrogen and oxygen atoms in total. The lowest BCUT2D eigenvalue weighted by Crippen LogP contribution is -2.28. The van der Waals surface area contributed by atoms with Crippen LogP contribution < -0.4 is 10.9 Å². The molecular weight excluding hydrogens is 296 g/mol. The maximum absolute atomic E-state index is 12.0. The van der Waals surface area contributed by atoms with Crippen LogP contribution in [0.25, 0.3) is 5.78 Å². The van der Waals surface area contributed by atoms with Crippen LogP contribution in [0.3, 0.4) is 0 Å². The van der Waals surface area contributed by atoms with Gasteiger partial charge in [-0.25, -0.2) is 9.50 Å². The Balaban J connectivity index is 1.56. The number of fused-ring (bicyclic) bond motifs is 1. The van der Waals surface area contributed by atoms with E-state index in [2.05, 4.69) is 20.4 Å². The van der Waals surface area contributed by atoms with Crippen molar-refractivity contribution in [1.29, 1.82) is 0 Å². The van der Waals surface area contributed by atoms with Crippen molar-refractivity contribution in [3.05, 3.63) is 58.5 Å². The Morgan fingerprint density at radius 3 is 2.96 bits per heavy atom. The molecule has 3 aromatic heterocycles. The van der Waals surface area contributed by atoms with E-state index < -0.39 is 0 Å². The number of nitrogens with one attached hydrogen (secondary N) is 1. The Morgan fingerprint density at radius 1 is 1.30 bits per heavy atom. The van der Waals surface area contributed by atoms with Crippen LogP contribution >= 0.6 is 0 Å². The van der Waals surface area contributed by atoms with Gasteiger partial charge < -0.3 is 9.88 Å². The van der Waals surface area contributed by atoms with Crippen LogP contribution in [-0.4, -0.2) is 36.6 Å². The Bertz CT molecular complexity index is 865. The van der Waals surface area contributed by atoms with Crippen LogP contribution in [0.5, 0.6) is 0 Å². The average molecular weight is 312 g/mol. The van der Waals surface area contributed by atoms with E-state index in [1.807, 2.05) is 13.0 Å². The van der Waals surface area contributed by atoms with E-state index in [1.54, 1.807) is 29.1 Å². The van der Waals surface area contributed by atoms with Gasteiger partial charge in [0.15, 0.2) is 0 Å². The number of hydrogen-bond acceptors (Lipinski definition) is 5. The lowest BCUT2D eigenvalue weighted by Gasteiger charge is -2.09. The molecule has 0 aliphatic carbocycles. The number of amides is 1. The van der Waals surface area contributed by atoms with Gasteiger partial charge in [-0.3, -0.25) is 9.59 Å². The van der Waals surface area contributed by atoms with Crippen molar-refractivity contribution in [2.45, 2.75) is 19.9 Å². The SMILES string of the molecule is Cc1cccc(=O)n1CCCNC(=O)c1nc2ncccn2n1. The van der Waals surface area contributed by atoms with E-state index in [9.17, 15) is 9.59 Å². The summed E-state index contributed by atoms with van der Waals surface area (Å²) in [5, 5.41) is 6.80. The lowest BCUT2D eigenvalue weighted by molar-refractivity contribution is 0.0942. The number of aryl methyl sites for hydroxylation is 1. The van der Waals surface area contributed by atoms with Gasteiger partial charge in [0.2, 0.25) is 5.82 Å². The van der Waals surface area contributed by atoms with Gasteiger partial charge in [0, 0.05) is 37.2 Å². The molecule has 0 saturated carbocycles. The van der Waals surface area contributed by atoms with E-state index in [-0.39, 0.29) is 17.3 Å².